The zero-order chi connectivity index (χ0) is 18.7. The number of hydrogen-bond acceptors (Lipinski definition) is 4. The molecule has 26 heavy (non-hydrogen) atoms. The van der Waals surface area contributed by atoms with E-state index in [4.69, 9.17) is 10.00 Å². The summed E-state index contributed by atoms with van der Waals surface area (Å²) in [6.07, 6.45) is 8.05. The van der Waals surface area contributed by atoms with Gasteiger partial charge in [0.1, 0.15) is 11.9 Å². The standard InChI is InChI=1S/C22H27NO3/c1-21-11-18(25)20-15(16(21)7-5-13(21)8-9-23)6-4-14-10-17(24)19(26-3)12-22(14,20)2/h8,10,15-16,19-20H,4-7,11-12H2,1-3H3/b13-8-/t15-,16-,19-,20+,21+,22-/m0/s1. The van der Waals surface area contributed by atoms with E-state index in [0.717, 1.165) is 36.8 Å². The number of allylic oxidation sites excluding steroid dienone is 3. The lowest BCUT2D eigenvalue weighted by Crippen LogP contribution is -2.55. The number of carbonyl (C=O) groups excluding carboxylic acids is 2. The van der Waals surface area contributed by atoms with E-state index in [-0.39, 0.29) is 22.5 Å². The summed E-state index contributed by atoms with van der Waals surface area (Å²) in [4.78, 5) is 25.7. The van der Waals surface area contributed by atoms with E-state index in [1.165, 1.54) is 0 Å². The van der Waals surface area contributed by atoms with E-state index < -0.39 is 6.10 Å². The second kappa shape index (κ2) is 5.89. The van der Waals surface area contributed by atoms with Gasteiger partial charge in [-0.1, -0.05) is 25.0 Å². The number of fused-ring (bicyclic) bond motifs is 5. The van der Waals surface area contributed by atoms with E-state index in [1.807, 2.05) is 0 Å². The highest BCUT2D eigenvalue weighted by Crippen LogP contribution is 2.65. The summed E-state index contributed by atoms with van der Waals surface area (Å²) in [5, 5.41) is 9.14. The third-order valence-corrected chi connectivity index (χ3v) is 8.04. The highest BCUT2D eigenvalue weighted by molar-refractivity contribution is 5.96. The van der Waals surface area contributed by atoms with Gasteiger partial charge < -0.3 is 4.74 Å². The Balaban J connectivity index is 1.75. The van der Waals surface area contributed by atoms with Gasteiger partial charge in [0.2, 0.25) is 0 Å². The van der Waals surface area contributed by atoms with Crippen molar-refractivity contribution < 1.29 is 14.3 Å². The molecule has 138 valence electrons. The number of Topliss-reactive ketones (excluding diaryl/α,β-unsaturated/α-hetero) is 1. The normalized spacial score (nSPS) is 46.2. The number of methoxy groups -OCH3 is 1. The van der Waals surface area contributed by atoms with E-state index in [9.17, 15) is 9.59 Å². The SMILES string of the molecule is CO[C@H]1C[C@@]2(C)C(=CC1=O)CC[C@@H]1[C@@H]2C(=O)C[C@]2(C)/C(=C\C#N)CC[C@@H]12. The molecular formula is C22H27NO3. The molecule has 0 N–H and O–H groups in total. The van der Waals surface area contributed by atoms with E-state index in [0.29, 0.717) is 30.5 Å². The van der Waals surface area contributed by atoms with Crippen LogP contribution in [0.25, 0.3) is 0 Å². The molecule has 4 rings (SSSR count). The van der Waals surface area contributed by atoms with Gasteiger partial charge in [-0.05, 0) is 55.4 Å². The lowest BCUT2D eigenvalue weighted by atomic mass is 9.46. The molecule has 4 aliphatic carbocycles. The van der Waals surface area contributed by atoms with Crippen LogP contribution in [-0.4, -0.2) is 24.8 Å². The van der Waals surface area contributed by atoms with Crippen LogP contribution in [-0.2, 0) is 14.3 Å². The van der Waals surface area contributed by atoms with Crippen molar-refractivity contribution in [3.05, 3.63) is 23.3 Å². The minimum atomic E-state index is -0.429. The summed E-state index contributed by atoms with van der Waals surface area (Å²) in [6.45, 7) is 4.37. The molecule has 0 aliphatic heterocycles. The van der Waals surface area contributed by atoms with Crippen molar-refractivity contribution in [1.82, 2.24) is 0 Å². The quantitative estimate of drug-likeness (QED) is 0.673. The lowest BCUT2D eigenvalue weighted by molar-refractivity contribution is -0.146. The molecule has 3 saturated carbocycles. The van der Waals surface area contributed by atoms with Crippen LogP contribution in [0.5, 0.6) is 0 Å². The van der Waals surface area contributed by atoms with Crippen molar-refractivity contribution in [3.63, 3.8) is 0 Å². The van der Waals surface area contributed by atoms with Crippen molar-refractivity contribution in [2.45, 2.75) is 58.5 Å². The first-order valence-electron chi connectivity index (χ1n) is 9.74. The third-order valence-electron chi connectivity index (χ3n) is 8.04. The van der Waals surface area contributed by atoms with Crippen LogP contribution in [0.4, 0.5) is 0 Å². The predicted molar refractivity (Wildman–Crippen MR) is 97.0 cm³/mol. The molecule has 4 aliphatic rings. The van der Waals surface area contributed by atoms with E-state index in [1.54, 1.807) is 19.3 Å². The van der Waals surface area contributed by atoms with Crippen LogP contribution in [0, 0.1) is 39.9 Å². The van der Waals surface area contributed by atoms with Gasteiger partial charge in [0.15, 0.2) is 5.78 Å². The summed E-state index contributed by atoms with van der Waals surface area (Å²) in [5.41, 5.74) is 1.89. The molecule has 0 aromatic heterocycles. The van der Waals surface area contributed by atoms with Gasteiger partial charge in [-0.15, -0.1) is 0 Å². The Labute approximate surface area is 155 Å². The summed E-state index contributed by atoms with van der Waals surface area (Å²) < 4.78 is 5.44. The maximum absolute atomic E-state index is 13.4. The van der Waals surface area contributed by atoms with Crippen LogP contribution in [0.3, 0.4) is 0 Å². The topological polar surface area (TPSA) is 67.2 Å². The van der Waals surface area contributed by atoms with Crippen molar-refractivity contribution in [1.29, 1.82) is 5.26 Å². The van der Waals surface area contributed by atoms with Gasteiger partial charge in [-0.3, -0.25) is 9.59 Å². The van der Waals surface area contributed by atoms with Crippen LogP contribution < -0.4 is 0 Å². The first-order chi connectivity index (χ1) is 12.3. The Hall–Kier alpha value is -1.73. The number of ketones is 2. The zero-order valence-corrected chi connectivity index (χ0v) is 15.9. The molecule has 0 aromatic carbocycles. The Morgan fingerprint density at radius 1 is 1.23 bits per heavy atom. The third kappa shape index (κ3) is 2.23. The molecule has 0 aromatic rings. The Bertz CT molecular complexity index is 773. The Morgan fingerprint density at radius 2 is 2.00 bits per heavy atom. The molecular weight excluding hydrogens is 326 g/mol. The van der Waals surface area contributed by atoms with Gasteiger partial charge >= 0.3 is 0 Å². The fourth-order valence-electron chi connectivity index (χ4n) is 6.79. The highest BCUT2D eigenvalue weighted by Gasteiger charge is 2.61. The molecule has 3 fully saturated rings. The molecule has 0 spiro atoms. The molecule has 6 atom stereocenters. The summed E-state index contributed by atoms with van der Waals surface area (Å²) in [5.74, 6) is 1.15. The van der Waals surface area contributed by atoms with Crippen molar-refractivity contribution in [3.8, 4) is 6.07 Å². The predicted octanol–water partition coefficient (Wildman–Crippen LogP) is 3.77. The molecule has 0 unspecified atom stereocenters. The average Bonchev–Trinajstić information content (AvgIpc) is 2.91. The first-order valence-corrected chi connectivity index (χ1v) is 9.74. The van der Waals surface area contributed by atoms with Gasteiger partial charge in [-0.25, -0.2) is 0 Å². The Morgan fingerprint density at radius 3 is 2.69 bits per heavy atom. The number of ether oxygens (including phenoxy) is 1. The molecule has 4 heteroatoms. The molecule has 4 nitrogen and oxygen atoms in total. The van der Waals surface area contributed by atoms with Crippen LogP contribution in [0.2, 0.25) is 0 Å². The van der Waals surface area contributed by atoms with Crippen molar-refractivity contribution in [2.24, 2.45) is 28.6 Å². The van der Waals surface area contributed by atoms with E-state index >= 15 is 0 Å². The maximum atomic E-state index is 13.4. The fourth-order valence-corrected chi connectivity index (χ4v) is 6.79. The number of carbonyl (C=O) groups is 2. The lowest BCUT2D eigenvalue weighted by Gasteiger charge is -2.56. The number of hydrogen-bond donors (Lipinski definition) is 0. The minimum Gasteiger partial charge on any atom is -0.373 e. The number of nitrogens with zero attached hydrogens (tertiary/aromatic N) is 1. The number of nitriles is 1. The van der Waals surface area contributed by atoms with Gasteiger partial charge in [0.05, 0.1) is 6.07 Å². The zero-order valence-electron chi connectivity index (χ0n) is 15.9. The monoisotopic (exact) mass is 353 g/mol. The van der Waals surface area contributed by atoms with Crippen LogP contribution in [0.1, 0.15) is 52.4 Å². The summed E-state index contributed by atoms with van der Waals surface area (Å²) >= 11 is 0. The van der Waals surface area contributed by atoms with Crippen molar-refractivity contribution >= 4 is 11.6 Å². The molecule has 0 amide bonds. The number of rotatable bonds is 1. The van der Waals surface area contributed by atoms with Gasteiger partial charge in [-0.2, -0.15) is 5.26 Å². The van der Waals surface area contributed by atoms with Gasteiger partial charge in [0.25, 0.3) is 0 Å². The maximum Gasteiger partial charge on any atom is 0.184 e. The van der Waals surface area contributed by atoms with Gasteiger partial charge in [0, 0.05) is 30.9 Å². The molecule has 0 heterocycles. The van der Waals surface area contributed by atoms with Crippen molar-refractivity contribution in [2.75, 3.05) is 7.11 Å². The summed E-state index contributed by atoms with van der Waals surface area (Å²) in [7, 11) is 1.58. The van der Waals surface area contributed by atoms with E-state index in [2.05, 4.69) is 19.9 Å². The average molecular weight is 353 g/mol. The second-order valence-electron chi connectivity index (χ2n) is 9.10. The largest absolute Gasteiger partial charge is 0.373 e. The van der Waals surface area contributed by atoms with Crippen LogP contribution >= 0.6 is 0 Å². The summed E-state index contributed by atoms with van der Waals surface area (Å²) in [6, 6.07) is 2.19. The minimum absolute atomic E-state index is 0.0206. The first kappa shape index (κ1) is 17.7. The Kier molecular flexibility index (Phi) is 4.00. The van der Waals surface area contributed by atoms with Crippen LogP contribution in [0.15, 0.2) is 23.3 Å². The fraction of sp³-hybridized carbons (Fsp3) is 0.682. The molecule has 0 radical (unpaired) electrons. The second-order valence-corrected chi connectivity index (χ2v) is 9.10. The molecule has 0 saturated heterocycles. The molecule has 0 bridgehead atoms. The highest BCUT2D eigenvalue weighted by atomic mass is 16.5. The smallest absolute Gasteiger partial charge is 0.184 e.